The molecule has 0 amide bonds. The van der Waals surface area contributed by atoms with Gasteiger partial charge in [-0.05, 0) is 55.6 Å². The molecule has 0 radical (unpaired) electrons. The van der Waals surface area contributed by atoms with E-state index in [0.29, 0.717) is 16.7 Å². The molecule has 0 bridgehead atoms. The Kier molecular flexibility index (Phi) is 4.90. The highest BCUT2D eigenvalue weighted by atomic mass is 79.9. The Balaban J connectivity index is 2.11. The Bertz CT molecular complexity index is 576. The fraction of sp³-hybridized carbons (Fsp3) is 0.0833. The first-order valence-corrected chi connectivity index (χ1v) is 7.39. The van der Waals surface area contributed by atoms with Gasteiger partial charge in [0.1, 0.15) is 0 Å². The van der Waals surface area contributed by atoms with Gasteiger partial charge in [-0.3, -0.25) is 0 Å². The minimum absolute atomic E-state index is 0.450. The molecule has 1 heterocycles. The lowest BCUT2D eigenvalue weighted by atomic mass is 10.2. The van der Waals surface area contributed by atoms with Crippen molar-refractivity contribution in [2.24, 2.45) is 0 Å². The summed E-state index contributed by atoms with van der Waals surface area (Å²) >= 11 is 18.7. The molecule has 1 aromatic heterocycles. The predicted octanol–water partition coefficient (Wildman–Crippen LogP) is 5.53. The van der Waals surface area contributed by atoms with Crippen LogP contribution < -0.4 is 5.32 Å². The van der Waals surface area contributed by atoms with E-state index in [2.05, 4.69) is 42.2 Å². The van der Waals surface area contributed by atoms with Gasteiger partial charge in [0.25, 0.3) is 0 Å². The number of halogens is 4. The molecular weight excluding hydrogens is 403 g/mol. The van der Waals surface area contributed by atoms with Crippen molar-refractivity contribution in [3.63, 3.8) is 0 Å². The summed E-state index contributed by atoms with van der Waals surface area (Å²) in [6, 6.07) is 7.66. The molecule has 0 unspecified atom stereocenters. The van der Waals surface area contributed by atoms with E-state index in [1.807, 2.05) is 24.3 Å². The molecule has 94 valence electrons. The highest BCUT2D eigenvalue weighted by Gasteiger charge is 2.03. The van der Waals surface area contributed by atoms with Gasteiger partial charge in [0.2, 0.25) is 0 Å². The third-order valence-corrected chi connectivity index (χ3v) is 4.22. The SMILES string of the molecule is Clc1ccc(CNc2cc(Br)cnc2Cl)cc1Br. The van der Waals surface area contributed by atoms with Crippen molar-refractivity contribution in [2.75, 3.05) is 5.32 Å². The zero-order valence-corrected chi connectivity index (χ0v) is 13.7. The Morgan fingerprint density at radius 1 is 1.17 bits per heavy atom. The molecular formula is C12H8Br2Cl2N2. The van der Waals surface area contributed by atoms with E-state index in [1.54, 1.807) is 6.20 Å². The van der Waals surface area contributed by atoms with Crippen LogP contribution in [0, 0.1) is 0 Å². The Labute approximate surface area is 132 Å². The lowest BCUT2D eigenvalue weighted by molar-refractivity contribution is 1.13. The number of hydrogen-bond donors (Lipinski definition) is 1. The molecule has 0 saturated carbocycles. The first-order chi connectivity index (χ1) is 8.56. The molecule has 0 fully saturated rings. The summed E-state index contributed by atoms with van der Waals surface area (Å²) in [5, 5.41) is 4.37. The largest absolute Gasteiger partial charge is 0.378 e. The highest BCUT2D eigenvalue weighted by Crippen LogP contribution is 2.26. The standard InChI is InChI=1S/C12H8Br2Cl2N2/c13-8-4-11(12(16)18-6-8)17-5-7-1-2-10(15)9(14)3-7/h1-4,6,17H,5H2. The third-order valence-electron chi connectivity index (χ3n) is 2.27. The maximum Gasteiger partial charge on any atom is 0.152 e. The van der Waals surface area contributed by atoms with E-state index in [4.69, 9.17) is 23.2 Å². The third kappa shape index (κ3) is 3.60. The monoisotopic (exact) mass is 408 g/mol. The van der Waals surface area contributed by atoms with E-state index in [1.165, 1.54) is 0 Å². The van der Waals surface area contributed by atoms with Crippen molar-refractivity contribution in [2.45, 2.75) is 6.54 Å². The van der Waals surface area contributed by atoms with Gasteiger partial charge < -0.3 is 5.32 Å². The van der Waals surface area contributed by atoms with Crippen LogP contribution in [0.25, 0.3) is 0 Å². The second-order valence-electron chi connectivity index (χ2n) is 3.59. The van der Waals surface area contributed by atoms with Crippen LogP contribution in [0.2, 0.25) is 10.2 Å². The number of hydrogen-bond acceptors (Lipinski definition) is 2. The van der Waals surface area contributed by atoms with Crippen molar-refractivity contribution < 1.29 is 0 Å². The van der Waals surface area contributed by atoms with E-state index < -0.39 is 0 Å². The van der Waals surface area contributed by atoms with Crippen molar-refractivity contribution in [1.29, 1.82) is 0 Å². The lowest BCUT2D eigenvalue weighted by Crippen LogP contribution is -2.00. The summed E-state index contributed by atoms with van der Waals surface area (Å²) in [6.45, 7) is 0.646. The molecule has 0 aliphatic carbocycles. The summed E-state index contributed by atoms with van der Waals surface area (Å²) in [6.07, 6.45) is 1.66. The van der Waals surface area contributed by atoms with E-state index in [-0.39, 0.29) is 0 Å². The maximum absolute atomic E-state index is 5.99. The molecule has 0 saturated heterocycles. The molecule has 0 spiro atoms. The zero-order valence-electron chi connectivity index (χ0n) is 9.05. The molecule has 2 aromatic rings. The van der Waals surface area contributed by atoms with Crippen molar-refractivity contribution in [1.82, 2.24) is 4.98 Å². The van der Waals surface area contributed by atoms with Crippen molar-refractivity contribution >= 4 is 60.7 Å². The quantitative estimate of drug-likeness (QED) is 0.673. The number of benzene rings is 1. The summed E-state index contributed by atoms with van der Waals surface area (Å²) < 4.78 is 1.76. The first kappa shape index (κ1) is 14.1. The molecule has 2 nitrogen and oxygen atoms in total. The normalized spacial score (nSPS) is 10.4. The summed E-state index contributed by atoms with van der Waals surface area (Å²) in [4.78, 5) is 4.05. The van der Waals surface area contributed by atoms with Gasteiger partial charge in [0.15, 0.2) is 5.15 Å². The molecule has 2 rings (SSSR count). The highest BCUT2D eigenvalue weighted by molar-refractivity contribution is 9.10. The number of aromatic nitrogens is 1. The average Bonchev–Trinajstić information content (AvgIpc) is 2.34. The Hall–Kier alpha value is -0.290. The minimum Gasteiger partial charge on any atom is -0.378 e. The van der Waals surface area contributed by atoms with Crippen LogP contribution >= 0.6 is 55.1 Å². The number of pyridine rings is 1. The summed E-state index contributed by atoms with van der Waals surface area (Å²) in [7, 11) is 0. The number of rotatable bonds is 3. The molecule has 1 N–H and O–H groups in total. The van der Waals surface area contributed by atoms with Crippen LogP contribution in [-0.2, 0) is 6.54 Å². The van der Waals surface area contributed by atoms with E-state index >= 15 is 0 Å². The van der Waals surface area contributed by atoms with Gasteiger partial charge in [-0.25, -0.2) is 4.98 Å². The summed E-state index contributed by atoms with van der Waals surface area (Å²) in [5.41, 5.74) is 1.89. The van der Waals surface area contributed by atoms with Crippen molar-refractivity contribution in [3.05, 3.63) is 55.1 Å². The van der Waals surface area contributed by atoms with Gasteiger partial charge in [-0.1, -0.05) is 29.3 Å². The first-order valence-electron chi connectivity index (χ1n) is 5.05. The van der Waals surface area contributed by atoms with Gasteiger partial charge in [-0.15, -0.1) is 0 Å². The molecule has 18 heavy (non-hydrogen) atoms. The fourth-order valence-electron chi connectivity index (χ4n) is 1.39. The van der Waals surface area contributed by atoms with Crippen LogP contribution in [0.15, 0.2) is 39.4 Å². The fourth-order valence-corrected chi connectivity index (χ4v) is 2.44. The lowest BCUT2D eigenvalue weighted by Gasteiger charge is -2.09. The van der Waals surface area contributed by atoms with Gasteiger partial charge >= 0.3 is 0 Å². The number of nitrogens with one attached hydrogen (secondary N) is 1. The van der Waals surface area contributed by atoms with Crippen LogP contribution in [0.5, 0.6) is 0 Å². The average molecular weight is 411 g/mol. The smallest absolute Gasteiger partial charge is 0.152 e. The van der Waals surface area contributed by atoms with Crippen LogP contribution in [0.1, 0.15) is 5.56 Å². The number of nitrogens with zero attached hydrogens (tertiary/aromatic N) is 1. The van der Waals surface area contributed by atoms with Gasteiger partial charge in [-0.2, -0.15) is 0 Å². The summed E-state index contributed by atoms with van der Waals surface area (Å²) in [5.74, 6) is 0. The topological polar surface area (TPSA) is 24.9 Å². The molecule has 0 aliphatic heterocycles. The van der Waals surface area contributed by atoms with Crippen LogP contribution in [0.4, 0.5) is 5.69 Å². The maximum atomic E-state index is 5.99. The van der Waals surface area contributed by atoms with Crippen molar-refractivity contribution in [3.8, 4) is 0 Å². The van der Waals surface area contributed by atoms with Gasteiger partial charge in [0.05, 0.1) is 10.7 Å². The predicted molar refractivity (Wildman–Crippen MR) is 83.4 cm³/mol. The molecule has 6 heteroatoms. The number of anilines is 1. The second-order valence-corrected chi connectivity index (χ2v) is 6.13. The Morgan fingerprint density at radius 3 is 2.67 bits per heavy atom. The molecule has 1 aromatic carbocycles. The van der Waals surface area contributed by atoms with Crippen LogP contribution in [0.3, 0.4) is 0 Å². The minimum atomic E-state index is 0.450. The van der Waals surface area contributed by atoms with Gasteiger partial charge in [0, 0.05) is 21.7 Å². The zero-order chi connectivity index (χ0) is 13.1. The second kappa shape index (κ2) is 6.24. The van der Waals surface area contributed by atoms with E-state index in [0.717, 1.165) is 20.2 Å². The van der Waals surface area contributed by atoms with E-state index in [9.17, 15) is 0 Å². The van der Waals surface area contributed by atoms with Crippen LogP contribution in [-0.4, -0.2) is 4.98 Å². The molecule has 0 aliphatic rings. The molecule has 0 atom stereocenters. The Morgan fingerprint density at radius 2 is 1.94 bits per heavy atom.